The third-order valence-corrected chi connectivity index (χ3v) is 2.89. The maximum absolute atomic E-state index is 5.75. The van der Waals surface area contributed by atoms with Gasteiger partial charge in [-0.3, -0.25) is 0 Å². The Morgan fingerprint density at radius 2 is 1.82 bits per heavy atom. The highest BCUT2D eigenvalue weighted by Gasteiger charge is 2.05. The molecule has 0 bridgehead atoms. The summed E-state index contributed by atoms with van der Waals surface area (Å²) in [6.45, 7) is 2.03. The Morgan fingerprint density at radius 1 is 1.06 bits per heavy atom. The molecule has 0 aliphatic carbocycles. The maximum atomic E-state index is 5.75. The van der Waals surface area contributed by atoms with Crippen molar-refractivity contribution >= 4 is 11.5 Å². The first-order valence-electron chi connectivity index (χ1n) is 5.55. The Morgan fingerprint density at radius 3 is 2.59 bits per heavy atom. The minimum absolute atomic E-state index is 0.563. The number of hydrogen-bond acceptors (Lipinski definition) is 2. The predicted octanol–water partition coefficient (Wildman–Crippen LogP) is 2.89. The molecule has 3 nitrogen and oxygen atoms in total. The molecule has 0 amide bonds. The summed E-state index contributed by atoms with van der Waals surface area (Å²) < 4.78 is 2.05. The Kier molecular flexibility index (Phi) is 2.11. The van der Waals surface area contributed by atoms with Crippen LogP contribution in [0, 0.1) is 6.92 Å². The number of anilines is 1. The number of nitrogens with two attached hydrogens (primary N) is 1. The second-order valence-corrected chi connectivity index (χ2v) is 4.15. The molecule has 2 heterocycles. The van der Waals surface area contributed by atoms with Crippen molar-refractivity contribution in [1.29, 1.82) is 0 Å². The van der Waals surface area contributed by atoms with Crippen molar-refractivity contribution in [3.8, 4) is 11.1 Å². The maximum Gasteiger partial charge on any atom is 0.139 e. The van der Waals surface area contributed by atoms with Gasteiger partial charge >= 0.3 is 0 Å². The van der Waals surface area contributed by atoms with Crippen LogP contribution in [0.1, 0.15) is 5.69 Å². The van der Waals surface area contributed by atoms with E-state index in [4.69, 9.17) is 5.73 Å². The highest BCUT2D eigenvalue weighted by atomic mass is 15.0. The predicted molar refractivity (Wildman–Crippen MR) is 69.8 cm³/mol. The van der Waals surface area contributed by atoms with Crippen LogP contribution in [0.2, 0.25) is 0 Å². The topological polar surface area (TPSA) is 43.3 Å². The van der Waals surface area contributed by atoms with E-state index in [1.807, 2.05) is 31.2 Å². The molecule has 0 atom stereocenters. The summed E-state index contributed by atoms with van der Waals surface area (Å²) in [6.07, 6.45) is 2.09. The Labute approximate surface area is 99.5 Å². The summed E-state index contributed by atoms with van der Waals surface area (Å²) >= 11 is 0. The smallest absolute Gasteiger partial charge is 0.139 e. The van der Waals surface area contributed by atoms with Gasteiger partial charge < -0.3 is 10.1 Å². The Bertz CT molecular complexity index is 669. The number of nitrogens with zero attached hydrogens (tertiary/aromatic N) is 2. The van der Waals surface area contributed by atoms with Gasteiger partial charge in [0.15, 0.2) is 0 Å². The van der Waals surface area contributed by atoms with E-state index in [1.165, 1.54) is 5.56 Å². The van der Waals surface area contributed by atoms with E-state index in [0.717, 1.165) is 16.9 Å². The number of aromatic nitrogens is 2. The molecule has 84 valence electrons. The molecule has 2 N–H and O–H groups in total. The van der Waals surface area contributed by atoms with Crippen molar-refractivity contribution in [2.45, 2.75) is 6.92 Å². The van der Waals surface area contributed by atoms with Crippen LogP contribution in [0.4, 0.5) is 5.82 Å². The number of nitrogen functional groups attached to an aromatic ring is 1. The van der Waals surface area contributed by atoms with E-state index < -0.39 is 0 Å². The summed E-state index contributed by atoms with van der Waals surface area (Å²) in [5.41, 5.74) is 10.1. The molecule has 0 spiro atoms. The molecule has 0 aliphatic heterocycles. The van der Waals surface area contributed by atoms with Gasteiger partial charge in [-0.1, -0.05) is 30.3 Å². The fourth-order valence-electron chi connectivity index (χ4n) is 2.06. The molecule has 0 saturated heterocycles. The van der Waals surface area contributed by atoms with Crippen LogP contribution in [0.15, 0.2) is 48.7 Å². The molecule has 3 aromatic rings. The lowest BCUT2D eigenvalue weighted by atomic mass is 10.1. The lowest BCUT2D eigenvalue weighted by Gasteiger charge is -2.00. The molecule has 3 heteroatoms. The molecule has 0 saturated carbocycles. The molecule has 2 aromatic heterocycles. The average molecular weight is 223 g/mol. The normalized spacial score (nSPS) is 10.9. The zero-order chi connectivity index (χ0) is 11.8. The molecular formula is C14H13N3. The number of hydrogen-bond donors (Lipinski definition) is 1. The van der Waals surface area contributed by atoms with Crippen molar-refractivity contribution in [3.63, 3.8) is 0 Å². The number of aryl methyl sites for hydroxylation is 1. The highest BCUT2D eigenvalue weighted by Crippen LogP contribution is 2.23. The van der Waals surface area contributed by atoms with Gasteiger partial charge in [0.25, 0.3) is 0 Å². The fraction of sp³-hybridized carbons (Fsp3) is 0.0714. The molecule has 3 rings (SSSR count). The van der Waals surface area contributed by atoms with E-state index in [-0.39, 0.29) is 0 Å². The first-order chi connectivity index (χ1) is 8.24. The van der Waals surface area contributed by atoms with Crippen molar-refractivity contribution in [1.82, 2.24) is 9.38 Å². The van der Waals surface area contributed by atoms with Crippen molar-refractivity contribution < 1.29 is 0 Å². The number of benzene rings is 1. The quantitative estimate of drug-likeness (QED) is 0.689. The second-order valence-electron chi connectivity index (χ2n) is 4.15. The van der Waals surface area contributed by atoms with E-state index in [2.05, 4.69) is 33.8 Å². The van der Waals surface area contributed by atoms with Crippen molar-refractivity contribution in [3.05, 3.63) is 54.4 Å². The summed E-state index contributed by atoms with van der Waals surface area (Å²) in [5.74, 6) is 0.563. The first-order valence-corrected chi connectivity index (χ1v) is 5.55. The fourth-order valence-corrected chi connectivity index (χ4v) is 2.06. The monoisotopic (exact) mass is 223 g/mol. The first kappa shape index (κ1) is 9.90. The van der Waals surface area contributed by atoms with Gasteiger partial charge in [-0.25, -0.2) is 4.98 Å². The van der Waals surface area contributed by atoms with E-state index in [1.54, 1.807) is 0 Å². The molecule has 0 aliphatic rings. The SMILES string of the molecule is Cc1cc(N)nc2cc(-c3ccccc3)cn12. The lowest BCUT2D eigenvalue weighted by Crippen LogP contribution is -1.96. The Hall–Kier alpha value is -2.29. The van der Waals surface area contributed by atoms with E-state index in [0.29, 0.717) is 5.82 Å². The summed E-state index contributed by atoms with van der Waals surface area (Å²) in [7, 11) is 0. The van der Waals surface area contributed by atoms with Gasteiger partial charge in [0.1, 0.15) is 11.5 Å². The van der Waals surface area contributed by atoms with Crippen LogP contribution in [0.5, 0.6) is 0 Å². The van der Waals surface area contributed by atoms with Gasteiger partial charge in [-0.2, -0.15) is 0 Å². The van der Waals surface area contributed by atoms with Crippen LogP contribution in [0.3, 0.4) is 0 Å². The minimum Gasteiger partial charge on any atom is -0.384 e. The summed E-state index contributed by atoms with van der Waals surface area (Å²) in [4.78, 5) is 4.32. The third kappa shape index (κ3) is 1.65. The molecule has 0 radical (unpaired) electrons. The van der Waals surface area contributed by atoms with Crippen LogP contribution in [-0.4, -0.2) is 9.38 Å². The van der Waals surface area contributed by atoms with Gasteiger partial charge in [-0.05, 0) is 24.6 Å². The minimum atomic E-state index is 0.563. The average Bonchev–Trinajstić information content (AvgIpc) is 2.74. The summed E-state index contributed by atoms with van der Waals surface area (Å²) in [5, 5.41) is 0. The molecule has 0 fully saturated rings. The number of rotatable bonds is 1. The molecular weight excluding hydrogens is 210 g/mol. The molecule has 0 unspecified atom stereocenters. The van der Waals surface area contributed by atoms with Crippen LogP contribution in [0.25, 0.3) is 16.8 Å². The zero-order valence-electron chi connectivity index (χ0n) is 9.59. The number of fused-ring (bicyclic) bond motifs is 1. The van der Waals surface area contributed by atoms with Crippen molar-refractivity contribution in [2.24, 2.45) is 0 Å². The molecule has 1 aromatic carbocycles. The zero-order valence-corrected chi connectivity index (χ0v) is 9.59. The lowest BCUT2D eigenvalue weighted by molar-refractivity contribution is 1.06. The van der Waals surface area contributed by atoms with Gasteiger partial charge in [0.05, 0.1) is 0 Å². The summed E-state index contributed by atoms with van der Waals surface area (Å²) in [6, 6.07) is 14.2. The van der Waals surface area contributed by atoms with Crippen LogP contribution < -0.4 is 5.73 Å². The van der Waals surface area contributed by atoms with Crippen LogP contribution >= 0.6 is 0 Å². The van der Waals surface area contributed by atoms with E-state index >= 15 is 0 Å². The Balaban J connectivity index is 2.24. The van der Waals surface area contributed by atoms with E-state index in [9.17, 15) is 0 Å². The highest BCUT2D eigenvalue weighted by molar-refractivity contribution is 5.69. The third-order valence-electron chi connectivity index (χ3n) is 2.89. The van der Waals surface area contributed by atoms with Gasteiger partial charge in [-0.15, -0.1) is 0 Å². The van der Waals surface area contributed by atoms with Gasteiger partial charge in [0.2, 0.25) is 0 Å². The standard InChI is InChI=1S/C14H13N3/c1-10-7-13(15)16-14-8-12(9-17(10)14)11-5-3-2-4-6-11/h2-9H,1H3,(H2,15,16). The van der Waals surface area contributed by atoms with Gasteiger partial charge in [0, 0.05) is 17.5 Å². The second kappa shape index (κ2) is 3.63. The largest absolute Gasteiger partial charge is 0.384 e. The van der Waals surface area contributed by atoms with Crippen molar-refractivity contribution in [2.75, 3.05) is 5.73 Å². The van der Waals surface area contributed by atoms with Crippen LogP contribution in [-0.2, 0) is 0 Å². The molecule has 17 heavy (non-hydrogen) atoms.